The molecule has 0 aliphatic heterocycles. The Bertz CT molecular complexity index is 706. The molecule has 1 atom stereocenters. The monoisotopic (exact) mass is 328 g/mol. The molecular weight excluding hydrogens is 300 g/mol. The maximum atomic E-state index is 11.2. The molecule has 4 heteroatoms. The molecule has 4 nitrogen and oxygen atoms in total. The van der Waals surface area contributed by atoms with Gasteiger partial charge in [0.25, 0.3) is 5.56 Å². The first kappa shape index (κ1) is 18.4. The second-order valence-corrected chi connectivity index (χ2v) is 6.25. The van der Waals surface area contributed by atoms with Crippen molar-refractivity contribution >= 4 is 17.1 Å². The molecule has 1 heterocycles. The van der Waals surface area contributed by atoms with Crippen LogP contribution in [0.4, 0.5) is 0 Å². The number of ether oxygens (including phenoxy) is 1. The van der Waals surface area contributed by atoms with Crippen molar-refractivity contribution in [1.29, 1.82) is 0 Å². The van der Waals surface area contributed by atoms with Crippen LogP contribution in [0.2, 0.25) is 0 Å². The van der Waals surface area contributed by atoms with Gasteiger partial charge < -0.3 is 9.72 Å². The predicted molar refractivity (Wildman–Crippen MR) is 100 cm³/mol. The summed E-state index contributed by atoms with van der Waals surface area (Å²) in [5.41, 5.74) is 2.52. The molecule has 2 rings (SSSR count). The second-order valence-electron chi connectivity index (χ2n) is 6.25. The second kappa shape index (κ2) is 10.0. The number of rotatable bonds is 10. The average molecular weight is 328 g/mol. The van der Waals surface area contributed by atoms with Gasteiger partial charge in [-0.15, -0.1) is 0 Å². The van der Waals surface area contributed by atoms with Gasteiger partial charge >= 0.3 is 0 Å². The average Bonchev–Trinajstić information content (AvgIpc) is 2.58. The van der Waals surface area contributed by atoms with Crippen LogP contribution in [0.25, 0.3) is 17.1 Å². The summed E-state index contributed by atoms with van der Waals surface area (Å²) < 4.78 is 5.81. The van der Waals surface area contributed by atoms with Crippen LogP contribution in [0, 0.1) is 0 Å². The van der Waals surface area contributed by atoms with Crippen LogP contribution in [0.5, 0.6) is 0 Å². The third-order valence-electron chi connectivity index (χ3n) is 4.04. The fourth-order valence-corrected chi connectivity index (χ4v) is 2.62. The number of hydrogen-bond donors (Lipinski definition) is 1. The van der Waals surface area contributed by atoms with E-state index < -0.39 is 0 Å². The highest BCUT2D eigenvalue weighted by Crippen LogP contribution is 2.13. The van der Waals surface area contributed by atoms with Crippen molar-refractivity contribution in [2.75, 3.05) is 6.61 Å². The van der Waals surface area contributed by atoms with Gasteiger partial charge in [-0.25, -0.2) is 4.98 Å². The van der Waals surface area contributed by atoms with E-state index in [4.69, 9.17) is 4.74 Å². The molecule has 0 fully saturated rings. The van der Waals surface area contributed by atoms with Crippen LogP contribution in [0.1, 0.15) is 57.9 Å². The van der Waals surface area contributed by atoms with E-state index in [1.54, 1.807) is 0 Å². The Kier molecular flexibility index (Phi) is 7.69. The zero-order valence-electron chi connectivity index (χ0n) is 14.8. The lowest BCUT2D eigenvalue weighted by Crippen LogP contribution is -2.08. The molecule has 24 heavy (non-hydrogen) atoms. The summed E-state index contributed by atoms with van der Waals surface area (Å²) in [6, 6.07) is 5.88. The summed E-state index contributed by atoms with van der Waals surface area (Å²) in [5.74, 6) is 0. The highest BCUT2D eigenvalue weighted by Gasteiger charge is 2.01. The van der Waals surface area contributed by atoms with E-state index in [-0.39, 0.29) is 5.56 Å². The molecule has 1 aromatic heterocycles. The van der Waals surface area contributed by atoms with E-state index in [0.717, 1.165) is 42.5 Å². The third-order valence-corrected chi connectivity index (χ3v) is 4.04. The van der Waals surface area contributed by atoms with Gasteiger partial charge in [-0.05, 0) is 50.3 Å². The summed E-state index contributed by atoms with van der Waals surface area (Å²) in [6.07, 6.45) is 12.9. The molecule has 0 bridgehead atoms. The highest BCUT2D eigenvalue weighted by atomic mass is 16.5. The number of hydrogen-bond acceptors (Lipinski definition) is 3. The van der Waals surface area contributed by atoms with E-state index in [9.17, 15) is 4.79 Å². The molecule has 0 aliphatic rings. The van der Waals surface area contributed by atoms with E-state index in [0.29, 0.717) is 6.10 Å². The minimum Gasteiger partial charge on any atom is -0.379 e. The zero-order valence-corrected chi connectivity index (χ0v) is 14.8. The Morgan fingerprint density at radius 1 is 1.29 bits per heavy atom. The summed E-state index contributed by atoms with van der Waals surface area (Å²) in [6.45, 7) is 5.25. The molecule has 1 unspecified atom stereocenters. The van der Waals surface area contributed by atoms with Gasteiger partial charge in [0, 0.05) is 6.61 Å². The molecule has 1 aromatic carbocycles. The number of nitrogens with zero attached hydrogens (tertiary/aromatic N) is 1. The first-order chi connectivity index (χ1) is 11.7. The number of nitrogens with one attached hydrogen (secondary N) is 1. The van der Waals surface area contributed by atoms with Crippen molar-refractivity contribution in [3.8, 4) is 0 Å². The first-order valence-electron chi connectivity index (χ1n) is 8.96. The summed E-state index contributed by atoms with van der Waals surface area (Å²) in [4.78, 5) is 18.2. The van der Waals surface area contributed by atoms with Gasteiger partial charge in [-0.3, -0.25) is 4.79 Å². The molecule has 1 N–H and O–H groups in total. The van der Waals surface area contributed by atoms with E-state index in [1.807, 2.05) is 18.2 Å². The Labute approximate surface area is 144 Å². The molecular formula is C20H28N2O2. The largest absolute Gasteiger partial charge is 0.379 e. The molecule has 0 aliphatic carbocycles. The van der Waals surface area contributed by atoms with E-state index in [2.05, 4.69) is 36.0 Å². The molecule has 0 saturated heterocycles. The summed E-state index contributed by atoms with van der Waals surface area (Å²) in [5, 5.41) is 0. The van der Waals surface area contributed by atoms with Crippen molar-refractivity contribution in [3.63, 3.8) is 0 Å². The number of allylic oxidation sites excluding steroid dienone is 1. The maximum Gasteiger partial charge on any atom is 0.266 e. The minimum atomic E-state index is -0.170. The van der Waals surface area contributed by atoms with Gasteiger partial charge in [0.05, 0.1) is 23.3 Å². The quantitative estimate of drug-likeness (QED) is 0.643. The Balaban J connectivity index is 1.72. The normalized spacial score (nSPS) is 12.9. The smallest absolute Gasteiger partial charge is 0.266 e. The van der Waals surface area contributed by atoms with Crippen LogP contribution >= 0.6 is 0 Å². The SMILES string of the molecule is CCCCCOC(C)CCCC=Cc1ccc2[nH]c(=O)cnc2c1. The van der Waals surface area contributed by atoms with Crippen LogP contribution < -0.4 is 5.56 Å². The fraction of sp³-hybridized carbons (Fsp3) is 0.500. The van der Waals surface area contributed by atoms with Crippen molar-refractivity contribution in [2.45, 2.75) is 58.5 Å². The van der Waals surface area contributed by atoms with Gasteiger partial charge in [0.2, 0.25) is 0 Å². The highest BCUT2D eigenvalue weighted by molar-refractivity contribution is 5.76. The van der Waals surface area contributed by atoms with Crippen molar-refractivity contribution in [3.05, 3.63) is 46.4 Å². The van der Waals surface area contributed by atoms with Gasteiger partial charge in [0.15, 0.2) is 0 Å². The molecule has 0 saturated carbocycles. The third kappa shape index (κ3) is 6.28. The van der Waals surface area contributed by atoms with Crippen molar-refractivity contribution in [2.24, 2.45) is 0 Å². The Morgan fingerprint density at radius 3 is 3.00 bits per heavy atom. The van der Waals surface area contributed by atoms with Crippen LogP contribution in [-0.2, 0) is 4.74 Å². The zero-order chi connectivity index (χ0) is 17.2. The van der Waals surface area contributed by atoms with E-state index >= 15 is 0 Å². The molecule has 0 amide bonds. The Morgan fingerprint density at radius 2 is 2.17 bits per heavy atom. The van der Waals surface area contributed by atoms with Crippen LogP contribution in [-0.4, -0.2) is 22.7 Å². The maximum absolute atomic E-state index is 11.2. The van der Waals surface area contributed by atoms with Gasteiger partial charge in [-0.1, -0.05) is 38.0 Å². The summed E-state index contributed by atoms with van der Waals surface area (Å²) in [7, 11) is 0. The Hall–Kier alpha value is -1.94. The number of H-pyrrole nitrogens is 1. The number of benzene rings is 1. The number of aromatic amines is 1. The lowest BCUT2D eigenvalue weighted by molar-refractivity contribution is 0.0566. The first-order valence-corrected chi connectivity index (χ1v) is 8.96. The lowest BCUT2D eigenvalue weighted by atomic mass is 10.1. The standard InChI is InChI=1S/C20H28N2O2/c1-3-4-8-13-24-16(2)9-6-5-7-10-17-11-12-18-19(14-17)21-15-20(23)22-18/h7,10-12,14-16H,3-6,8-9,13H2,1-2H3,(H,22,23). The van der Waals surface area contributed by atoms with Crippen molar-refractivity contribution in [1.82, 2.24) is 9.97 Å². The summed E-state index contributed by atoms with van der Waals surface area (Å²) >= 11 is 0. The molecule has 0 radical (unpaired) electrons. The van der Waals surface area contributed by atoms with Crippen molar-refractivity contribution < 1.29 is 4.74 Å². The molecule has 0 spiro atoms. The van der Waals surface area contributed by atoms with Crippen LogP contribution in [0.3, 0.4) is 0 Å². The topological polar surface area (TPSA) is 55.0 Å². The van der Waals surface area contributed by atoms with E-state index in [1.165, 1.54) is 25.5 Å². The minimum absolute atomic E-state index is 0.170. The van der Waals surface area contributed by atoms with Crippen LogP contribution in [0.15, 0.2) is 35.3 Å². The number of unbranched alkanes of at least 4 members (excludes halogenated alkanes) is 3. The predicted octanol–water partition coefficient (Wildman–Crippen LogP) is 4.70. The fourth-order valence-electron chi connectivity index (χ4n) is 2.62. The lowest BCUT2D eigenvalue weighted by Gasteiger charge is -2.11. The molecule has 2 aromatic rings. The number of aromatic nitrogens is 2. The number of fused-ring (bicyclic) bond motifs is 1. The van der Waals surface area contributed by atoms with Gasteiger partial charge in [-0.2, -0.15) is 0 Å². The van der Waals surface area contributed by atoms with Gasteiger partial charge in [0.1, 0.15) is 0 Å². The molecule has 130 valence electrons.